The molecule has 2 N–H and O–H groups in total. The molecular weight excluding hydrogens is 262 g/mol. The zero-order valence-electron chi connectivity index (χ0n) is 12.8. The van der Waals surface area contributed by atoms with Gasteiger partial charge in [0.1, 0.15) is 0 Å². The molecule has 0 aliphatic carbocycles. The van der Waals surface area contributed by atoms with Crippen molar-refractivity contribution in [3.8, 4) is 0 Å². The van der Waals surface area contributed by atoms with E-state index in [-0.39, 0.29) is 11.9 Å². The van der Waals surface area contributed by atoms with Crippen molar-refractivity contribution in [3.05, 3.63) is 67.3 Å². The third kappa shape index (κ3) is 6.47. The first-order chi connectivity index (χ1) is 9.93. The van der Waals surface area contributed by atoms with Crippen LogP contribution in [0.5, 0.6) is 0 Å². The van der Waals surface area contributed by atoms with Crippen molar-refractivity contribution >= 4 is 11.6 Å². The van der Waals surface area contributed by atoms with Crippen molar-refractivity contribution in [1.29, 1.82) is 5.53 Å². The monoisotopic (exact) mass is 285 g/mol. The lowest BCUT2D eigenvalue weighted by atomic mass is 10.0. The molecule has 1 unspecified atom stereocenters. The summed E-state index contributed by atoms with van der Waals surface area (Å²) in [7, 11) is 0. The minimum absolute atomic E-state index is 0.106. The lowest BCUT2D eigenvalue weighted by Crippen LogP contribution is -2.35. The van der Waals surface area contributed by atoms with E-state index in [1.165, 1.54) is 0 Å². The smallest absolute Gasteiger partial charge is 0.251 e. The van der Waals surface area contributed by atoms with Crippen LogP contribution in [0.3, 0.4) is 0 Å². The average molecular weight is 285 g/mol. The Balaban J connectivity index is 0.00000191. The molecule has 1 aromatic rings. The summed E-state index contributed by atoms with van der Waals surface area (Å²) in [6, 6.07) is 6.47. The lowest BCUT2D eigenvalue weighted by Gasteiger charge is -2.19. The van der Waals surface area contributed by atoms with Gasteiger partial charge in [0, 0.05) is 5.56 Å². The molecule has 21 heavy (non-hydrogen) atoms. The summed E-state index contributed by atoms with van der Waals surface area (Å²) < 4.78 is 0. The minimum Gasteiger partial charge on any atom is -0.345 e. The van der Waals surface area contributed by atoms with Gasteiger partial charge in [0.2, 0.25) is 0 Å². The molecule has 0 spiro atoms. The average Bonchev–Trinajstić information content (AvgIpc) is 2.48. The van der Waals surface area contributed by atoms with Crippen molar-refractivity contribution in [2.75, 3.05) is 0 Å². The molecular formula is C17H23N3O. The van der Waals surface area contributed by atoms with Gasteiger partial charge in [-0.05, 0) is 44.5 Å². The van der Waals surface area contributed by atoms with E-state index < -0.39 is 0 Å². The predicted octanol–water partition coefficient (Wildman–Crippen LogP) is 4.79. The van der Waals surface area contributed by atoms with Gasteiger partial charge in [-0.15, -0.1) is 19.7 Å². The highest BCUT2D eigenvalue weighted by Crippen LogP contribution is 2.14. The molecule has 0 aliphatic heterocycles. The number of nitrogens with zero attached hydrogens (tertiary/aromatic N) is 1. The number of rotatable bonds is 6. The van der Waals surface area contributed by atoms with Gasteiger partial charge >= 0.3 is 0 Å². The van der Waals surface area contributed by atoms with E-state index in [1.54, 1.807) is 24.3 Å². The van der Waals surface area contributed by atoms with Gasteiger partial charge in [0.25, 0.3) is 5.91 Å². The van der Waals surface area contributed by atoms with Crippen molar-refractivity contribution in [1.82, 2.24) is 5.32 Å². The zero-order valence-corrected chi connectivity index (χ0v) is 12.8. The second-order valence-corrected chi connectivity index (χ2v) is 4.69. The molecule has 0 saturated carbocycles. The van der Waals surface area contributed by atoms with E-state index in [0.29, 0.717) is 17.7 Å². The Bertz CT molecular complexity index is 517. The Morgan fingerprint density at radius 2 is 1.76 bits per heavy atom. The molecule has 0 heterocycles. The highest BCUT2D eigenvalue weighted by molar-refractivity contribution is 5.94. The third-order valence-electron chi connectivity index (χ3n) is 2.71. The number of carbonyl (C=O) groups is 1. The Morgan fingerprint density at radius 1 is 1.24 bits per heavy atom. The van der Waals surface area contributed by atoms with E-state index in [0.717, 1.165) is 11.1 Å². The number of benzene rings is 1. The first-order valence-corrected chi connectivity index (χ1v) is 6.52. The van der Waals surface area contributed by atoms with Crippen LogP contribution in [0.15, 0.2) is 66.8 Å². The van der Waals surface area contributed by atoms with Gasteiger partial charge in [-0.25, -0.2) is 5.53 Å². The van der Waals surface area contributed by atoms with Gasteiger partial charge in [-0.2, -0.15) is 5.11 Å². The maximum Gasteiger partial charge on any atom is 0.251 e. The summed E-state index contributed by atoms with van der Waals surface area (Å²) in [6.07, 6.45) is 0.682. The second-order valence-electron chi connectivity index (χ2n) is 4.69. The minimum atomic E-state index is -0.161. The predicted molar refractivity (Wildman–Crippen MR) is 88.0 cm³/mol. The number of carbonyl (C=O) groups excluding carboxylic acids is 1. The van der Waals surface area contributed by atoms with Crippen LogP contribution >= 0.6 is 0 Å². The molecule has 0 aromatic heterocycles. The van der Waals surface area contributed by atoms with E-state index in [9.17, 15) is 4.79 Å². The number of hydrogen-bond donors (Lipinski definition) is 2. The van der Waals surface area contributed by atoms with Crippen LogP contribution in [0.2, 0.25) is 0 Å². The highest BCUT2D eigenvalue weighted by Gasteiger charge is 2.14. The Labute approximate surface area is 126 Å². The third-order valence-corrected chi connectivity index (χ3v) is 2.71. The van der Waals surface area contributed by atoms with Crippen LogP contribution < -0.4 is 5.32 Å². The quantitative estimate of drug-likeness (QED) is 0.572. The van der Waals surface area contributed by atoms with E-state index >= 15 is 0 Å². The molecule has 0 aliphatic rings. The highest BCUT2D eigenvalue weighted by atomic mass is 16.1. The Kier molecular flexibility index (Phi) is 8.30. The standard InChI is InChI=1S/C15H19N3O.C2H4/c1-10(2)9-14(11(3)4)17-15(19)12-5-7-13(18-16)8-6-12;1-2/h5-8,14,16H,1,3,9H2,2,4H3,(H,17,19);1-2H2. The first kappa shape index (κ1) is 18.5. The van der Waals surface area contributed by atoms with Crippen LogP contribution in [-0.2, 0) is 0 Å². The maximum absolute atomic E-state index is 12.1. The first-order valence-electron chi connectivity index (χ1n) is 6.52. The molecule has 0 bridgehead atoms. The summed E-state index contributed by atoms with van der Waals surface area (Å²) >= 11 is 0. The largest absolute Gasteiger partial charge is 0.345 e. The fourth-order valence-electron chi connectivity index (χ4n) is 1.63. The lowest BCUT2D eigenvalue weighted by molar-refractivity contribution is 0.0942. The molecule has 1 rings (SSSR count). The van der Waals surface area contributed by atoms with E-state index in [4.69, 9.17) is 5.53 Å². The molecule has 1 aromatic carbocycles. The molecule has 1 amide bonds. The van der Waals surface area contributed by atoms with Gasteiger partial charge in [-0.1, -0.05) is 17.7 Å². The fourth-order valence-corrected chi connectivity index (χ4v) is 1.63. The molecule has 0 radical (unpaired) electrons. The molecule has 0 fully saturated rings. The van der Waals surface area contributed by atoms with Crippen molar-refractivity contribution < 1.29 is 4.79 Å². The summed E-state index contributed by atoms with van der Waals surface area (Å²) in [5.41, 5.74) is 9.83. The van der Waals surface area contributed by atoms with E-state index in [1.807, 2.05) is 13.8 Å². The normalized spacial score (nSPS) is 10.6. The topological polar surface area (TPSA) is 65.3 Å². The summed E-state index contributed by atoms with van der Waals surface area (Å²) in [5, 5.41) is 6.22. The van der Waals surface area contributed by atoms with Gasteiger partial charge in [0.15, 0.2) is 0 Å². The second kappa shape index (κ2) is 9.42. The van der Waals surface area contributed by atoms with Gasteiger partial charge in [0.05, 0.1) is 11.7 Å². The number of amides is 1. The summed E-state index contributed by atoms with van der Waals surface area (Å²) in [4.78, 5) is 12.1. The van der Waals surface area contributed by atoms with Crippen LogP contribution in [0.4, 0.5) is 5.69 Å². The van der Waals surface area contributed by atoms with E-state index in [2.05, 4.69) is 36.7 Å². The van der Waals surface area contributed by atoms with Crippen molar-refractivity contribution in [3.63, 3.8) is 0 Å². The Hall–Kier alpha value is -2.49. The van der Waals surface area contributed by atoms with Crippen LogP contribution in [0, 0.1) is 5.53 Å². The molecule has 1 atom stereocenters. The van der Waals surface area contributed by atoms with Gasteiger partial charge < -0.3 is 5.32 Å². The zero-order chi connectivity index (χ0) is 16.4. The molecule has 0 saturated heterocycles. The Morgan fingerprint density at radius 3 is 2.14 bits per heavy atom. The van der Waals surface area contributed by atoms with Gasteiger partial charge in [-0.3, -0.25) is 4.79 Å². The van der Waals surface area contributed by atoms with Crippen molar-refractivity contribution in [2.24, 2.45) is 5.11 Å². The SMILES string of the molecule is C=C.C=C(C)CC(NC(=O)c1ccc(N=N)cc1)C(=C)C. The molecule has 4 nitrogen and oxygen atoms in total. The fraction of sp³-hybridized carbons (Fsp3) is 0.235. The molecule has 4 heteroatoms. The maximum atomic E-state index is 12.1. The summed E-state index contributed by atoms with van der Waals surface area (Å²) in [6.45, 7) is 17.5. The van der Waals surface area contributed by atoms with Crippen LogP contribution in [0.25, 0.3) is 0 Å². The number of hydrogen-bond acceptors (Lipinski definition) is 3. The van der Waals surface area contributed by atoms with Crippen LogP contribution in [-0.4, -0.2) is 11.9 Å². The van der Waals surface area contributed by atoms with Crippen molar-refractivity contribution in [2.45, 2.75) is 26.3 Å². The number of nitrogens with one attached hydrogen (secondary N) is 2. The molecule has 112 valence electrons. The summed E-state index contributed by atoms with van der Waals surface area (Å²) in [5.74, 6) is -0.161. The van der Waals surface area contributed by atoms with Crippen LogP contribution in [0.1, 0.15) is 30.6 Å².